The Morgan fingerprint density at radius 1 is 1.03 bits per heavy atom. The highest BCUT2D eigenvalue weighted by Gasteiger charge is 2.25. The van der Waals surface area contributed by atoms with Crippen LogP contribution in [-0.2, 0) is 6.42 Å². The van der Waals surface area contributed by atoms with Crippen molar-refractivity contribution in [3.05, 3.63) is 86.5 Å². The van der Waals surface area contributed by atoms with Crippen molar-refractivity contribution in [1.29, 1.82) is 0 Å². The van der Waals surface area contributed by atoms with Gasteiger partial charge in [0.25, 0.3) is 5.91 Å². The molecule has 1 amide bonds. The molecular formula is C25H25Cl2FN4O. The molecule has 0 N–H and O–H groups in total. The summed E-state index contributed by atoms with van der Waals surface area (Å²) in [5, 5.41) is 0.854. The smallest absolute Gasteiger partial charge is 0.255 e. The second kappa shape index (κ2) is 10.1. The zero-order valence-electron chi connectivity index (χ0n) is 18.6. The Labute approximate surface area is 203 Å². The van der Waals surface area contributed by atoms with Crippen molar-refractivity contribution in [1.82, 2.24) is 14.9 Å². The van der Waals surface area contributed by atoms with Gasteiger partial charge in [-0.15, -0.1) is 0 Å². The van der Waals surface area contributed by atoms with Crippen molar-refractivity contribution in [2.24, 2.45) is 0 Å². The van der Waals surface area contributed by atoms with Crippen LogP contribution < -0.4 is 4.90 Å². The van der Waals surface area contributed by atoms with Crippen molar-refractivity contribution in [3.63, 3.8) is 0 Å². The third kappa shape index (κ3) is 5.45. The summed E-state index contributed by atoms with van der Waals surface area (Å²) in [4.78, 5) is 26.4. The summed E-state index contributed by atoms with van der Waals surface area (Å²) in [6.45, 7) is 6.38. The standard InChI is InChI=1S/C25H25Cl2FN4O/c1-16-22(14-18-5-3-6-20(28)13-18)24(30-17(2)29-16)31-9-4-10-32(12-11-31)25(33)21-8-7-19(26)15-23(21)27/h3,5-8,13,15H,4,9-12,14H2,1-2H3. The Bertz CT molecular complexity index is 1190. The lowest BCUT2D eigenvalue weighted by molar-refractivity contribution is 0.0767. The lowest BCUT2D eigenvalue weighted by Crippen LogP contribution is -2.36. The highest BCUT2D eigenvalue weighted by Crippen LogP contribution is 2.27. The van der Waals surface area contributed by atoms with E-state index < -0.39 is 0 Å². The molecule has 0 bridgehead atoms. The molecule has 0 spiro atoms. The van der Waals surface area contributed by atoms with Gasteiger partial charge in [-0.25, -0.2) is 14.4 Å². The molecule has 0 radical (unpaired) electrons. The number of carbonyl (C=O) groups is 1. The molecule has 3 aromatic rings. The SMILES string of the molecule is Cc1nc(C)c(Cc2cccc(F)c2)c(N2CCCN(C(=O)c3ccc(Cl)cc3Cl)CC2)n1. The number of rotatable bonds is 4. The van der Waals surface area contributed by atoms with E-state index in [-0.39, 0.29) is 11.7 Å². The molecule has 1 fully saturated rings. The topological polar surface area (TPSA) is 49.3 Å². The van der Waals surface area contributed by atoms with Gasteiger partial charge in [-0.05, 0) is 56.2 Å². The van der Waals surface area contributed by atoms with Crippen molar-refractivity contribution >= 4 is 34.9 Å². The van der Waals surface area contributed by atoms with Gasteiger partial charge in [0.1, 0.15) is 17.5 Å². The fourth-order valence-electron chi connectivity index (χ4n) is 4.20. The average molecular weight is 487 g/mol. The Balaban J connectivity index is 1.57. The lowest BCUT2D eigenvalue weighted by Gasteiger charge is -2.26. The first-order valence-corrected chi connectivity index (χ1v) is 11.7. The third-order valence-corrected chi connectivity index (χ3v) is 6.37. The van der Waals surface area contributed by atoms with Crippen LogP contribution in [-0.4, -0.2) is 47.0 Å². The quantitative estimate of drug-likeness (QED) is 0.489. The molecule has 1 aliphatic rings. The third-order valence-electron chi connectivity index (χ3n) is 5.82. The number of amides is 1. The Morgan fingerprint density at radius 2 is 1.85 bits per heavy atom. The summed E-state index contributed by atoms with van der Waals surface area (Å²) in [6, 6.07) is 11.5. The van der Waals surface area contributed by atoms with Gasteiger partial charge in [0.15, 0.2) is 0 Å². The average Bonchev–Trinajstić information content (AvgIpc) is 3.01. The Hall–Kier alpha value is -2.70. The van der Waals surface area contributed by atoms with Gasteiger partial charge < -0.3 is 9.80 Å². The van der Waals surface area contributed by atoms with E-state index in [4.69, 9.17) is 28.2 Å². The zero-order chi connectivity index (χ0) is 23.5. The van der Waals surface area contributed by atoms with Crippen LogP contribution in [0.4, 0.5) is 10.2 Å². The second-order valence-electron chi connectivity index (χ2n) is 8.22. The minimum absolute atomic E-state index is 0.103. The van der Waals surface area contributed by atoms with Crippen LogP contribution in [0.25, 0.3) is 0 Å². The number of hydrogen-bond acceptors (Lipinski definition) is 4. The van der Waals surface area contributed by atoms with E-state index >= 15 is 0 Å². The molecule has 4 rings (SSSR count). The molecular weight excluding hydrogens is 462 g/mol. The predicted octanol–water partition coefficient (Wildman–Crippen LogP) is 5.48. The number of nitrogens with zero attached hydrogens (tertiary/aromatic N) is 4. The molecule has 0 saturated carbocycles. The molecule has 5 nitrogen and oxygen atoms in total. The van der Waals surface area contributed by atoms with Crippen molar-refractivity contribution < 1.29 is 9.18 Å². The van der Waals surface area contributed by atoms with Gasteiger partial charge in [-0.1, -0.05) is 35.3 Å². The molecule has 0 aliphatic carbocycles. The number of benzene rings is 2. The van der Waals surface area contributed by atoms with Crippen LogP contribution in [0.3, 0.4) is 0 Å². The molecule has 0 atom stereocenters. The first-order valence-electron chi connectivity index (χ1n) is 10.9. The fourth-order valence-corrected chi connectivity index (χ4v) is 4.69. The molecule has 33 heavy (non-hydrogen) atoms. The van der Waals surface area contributed by atoms with E-state index in [2.05, 4.69) is 9.88 Å². The van der Waals surface area contributed by atoms with Crippen molar-refractivity contribution in [2.45, 2.75) is 26.7 Å². The molecule has 0 unspecified atom stereocenters. The van der Waals surface area contributed by atoms with Crippen molar-refractivity contribution in [3.8, 4) is 0 Å². The molecule has 1 aromatic heterocycles. The number of hydrogen-bond donors (Lipinski definition) is 0. The summed E-state index contributed by atoms with van der Waals surface area (Å²) >= 11 is 12.2. The highest BCUT2D eigenvalue weighted by molar-refractivity contribution is 6.36. The Morgan fingerprint density at radius 3 is 2.61 bits per heavy atom. The molecule has 1 aliphatic heterocycles. The van der Waals surface area contributed by atoms with E-state index in [1.165, 1.54) is 6.07 Å². The number of carbonyl (C=O) groups excluding carboxylic acids is 1. The summed E-state index contributed by atoms with van der Waals surface area (Å²) in [6.07, 6.45) is 1.33. The van der Waals surface area contributed by atoms with Gasteiger partial charge in [0.05, 0.1) is 10.6 Å². The van der Waals surface area contributed by atoms with Gasteiger partial charge in [0, 0.05) is 48.9 Å². The van der Waals surface area contributed by atoms with Crippen LogP contribution in [0.15, 0.2) is 42.5 Å². The van der Waals surface area contributed by atoms with Crippen LogP contribution in [0, 0.1) is 19.7 Å². The van der Waals surface area contributed by atoms with E-state index in [0.717, 1.165) is 35.6 Å². The van der Waals surface area contributed by atoms with E-state index in [0.29, 0.717) is 47.5 Å². The summed E-state index contributed by atoms with van der Waals surface area (Å²) < 4.78 is 13.8. The molecule has 1 saturated heterocycles. The van der Waals surface area contributed by atoms with Gasteiger partial charge >= 0.3 is 0 Å². The lowest BCUT2D eigenvalue weighted by atomic mass is 10.0. The van der Waals surface area contributed by atoms with E-state index in [1.807, 2.05) is 24.8 Å². The van der Waals surface area contributed by atoms with Crippen LogP contribution in [0.1, 0.15) is 39.4 Å². The number of anilines is 1. The van der Waals surface area contributed by atoms with Crippen LogP contribution in [0.2, 0.25) is 10.0 Å². The van der Waals surface area contributed by atoms with Crippen LogP contribution in [0.5, 0.6) is 0 Å². The minimum atomic E-state index is -0.260. The first-order chi connectivity index (χ1) is 15.8. The molecule has 172 valence electrons. The summed E-state index contributed by atoms with van der Waals surface area (Å²) in [5.74, 6) is 1.18. The monoisotopic (exact) mass is 486 g/mol. The normalized spacial score (nSPS) is 14.3. The number of aryl methyl sites for hydroxylation is 2. The van der Waals surface area contributed by atoms with E-state index in [9.17, 15) is 9.18 Å². The Kier molecular flexibility index (Phi) is 7.15. The highest BCUT2D eigenvalue weighted by atomic mass is 35.5. The maximum Gasteiger partial charge on any atom is 0.255 e. The van der Waals surface area contributed by atoms with E-state index in [1.54, 1.807) is 30.3 Å². The van der Waals surface area contributed by atoms with Gasteiger partial charge in [0.2, 0.25) is 0 Å². The summed E-state index contributed by atoms with van der Waals surface area (Å²) in [7, 11) is 0. The number of halogens is 3. The van der Waals surface area contributed by atoms with Crippen molar-refractivity contribution in [2.75, 3.05) is 31.1 Å². The second-order valence-corrected chi connectivity index (χ2v) is 9.07. The molecule has 2 aromatic carbocycles. The van der Waals surface area contributed by atoms with Crippen LogP contribution >= 0.6 is 23.2 Å². The molecule has 8 heteroatoms. The largest absolute Gasteiger partial charge is 0.354 e. The fraction of sp³-hybridized carbons (Fsp3) is 0.320. The maximum atomic E-state index is 13.8. The van der Waals surface area contributed by atoms with Gasteiger partial charge in [-0.2, -0.15) is 0 Å². The first kappa shape index (κ1) is 23.5. The maximum absolute atomic E-state index is 13.8. The molecule has 2 heterocycles. The van der Waals surface area contributed by atoms with Gasteiger partial charge in [-0.3, -0.25) is 4.79 Å². The zero-order valence-corrected chi connectivity index (χ0v) is 20.1. The minimum Gasteiger partial charge on any atom is -0.354 e. The predicted molar refractivity (Wildman–Crippen MR) is 130 cm³/mol. The number of aromatic nitrogens is 2. The summed E-state index contributed by atoms with van der Waals surface area (Å²) in [5.41, 5.74) is 3.18.